The zero-order valence-corrected chi connectivity index (χ0v) is 17.0. The lowest BCUT2D eigenvalue weighted by molar-refractivity contribution is -0.124. The molecule has 3 heterocycles. The van der Waals surface area contributed by atoms with Gasteiger partial charge < -0.3 is 9.80 Å². The monoisotopic (exact) mass is 400 g/mol. The highest BCUT2D eigenvalue weighted by Crippen LogP contribution is 2.58. The van der Waals surface area contributed by atoms with Crippen molar-refractivity contribution in [1.29, 1.82) is 0 Å². The molecule has 3 aromatic rings. The van der Waals surface area contributed by atoms with Crippen molar-refractivity contribution in [3.8, 4) is 0 Å². The van der Waals surface area contributed by atoms with Crippen LogP contribution in [0.3, 0.4) is 0 Å². The summed E-state index contributed by atoms with van der Waals surface area (Å²) in [6.07, 6.45) is 1.68. The summed E-state index contributed by atoms with van der Waals surface area (Å²) in [5.74, 6) is 0.163. The summed E-state index contributed by atoms with van der Waals surface area (Å²) in [4.78, 5) is 18.3. The molecular weight excluding hydrogens is 380 g/mol. The average Bonchev–Trinajstić information content (AvgIpc) is 2.95. The lowest BCUT2D eigenvalue weighted by atomic mass is 9.64. The minimum absolute atomic E-state index is 0.0305. The van der Waals surface area contributed by atoms with Crippen molar-refractivity contribution in [3.63, 3.8) is 0 Å². The van der Waals surface area contributed by atoms with E-state index in [1.807, 2.05) is 30.1 Å². The number of hydrogen-bond donors (Lipinski definition) is 0. The fourth-order valence-corrected chi connectivity index (χ4v) is 5.98. The van der Waals surface area contributed by atoms with E-state index in [9.17, 15) is 4.79 Å². The molecule has 6 rings (SSSR count). The molecule has 1 spiro atoms. The normalized spacial score (nSPS) is 24.2. The first kappa shape index (κ1) is 17.1. The number of halogens is 1. The van der Waals surface area contributed by atoms with E-state index in [2.05, 4.69) is 53.4 Å². The Balaban J connectivity index is 1.70. The van der Waals surface area contributed by atoms with E-state index in [1.54, 1.807) is 0 Å². The zero-order chi connectivity index (χ0) is 19.8. The Morgan fingerprint density at radius 1 is 0.966 bits per heavy atom. The van der Waals surface area contributed by atoms with Gasteiger partial charge >= 0.3 is 0 Å². The third kappa shape index (κ3) is 2.11. The van der Waals surface area contributed by atoms with Gasteiger partial charge in [0.25, 0.3) is 0 Å². The molecule has 0 radical (unpaired) electrons. The van der Waals surface area contributed by atoms with Crippen LogP contribution in [0.15, 0.2) is 66.7 Å². The molecule has 0 bridgehead atoms. The van der Waals surface area contributed by atoms with Crippen molar-refractivity contribution in [3.05, 3.63) is 94.0 Å². The van der Waals surface area contributed by atoms with E-state index in [0.717, 1.165) is 24.2 Å². The van der Waals surface area contributed by atoms with Crippen molar-refractivity contribution in [2.45, 2.75) is 24.3 Å². The molecule has 2 atom stereocenters. The number of para-hydroxylation sites is 1. The third-order valence-electron chi connectivity index (χ3n) is 7.01. The summed E-state index contributed by atoms with van der Waals surface area (Å²) in [5.41, 5.74) is 6.46. The Morgan fingerprint density at radius 3 is 2.59 bits per heavy atom. The van der Waals surface area contributed by atoms with E-state index in [4.69, 9.17) is 11.6 Å². The van der Waals surface area contributed by atoms with Crippen molar-refractivity contribution >= 4 is 28.9 Å². The summed E-state index contributed by atoms with van der Waals surface area (Å²) in [6.45, 7) is 0.910. The number of carbonyl (C=O) groups excluding carboxylic acids is 1. The zero-order valence-electron chi connectivity index (χ0n) is 16.2. The molecule has 144 valence electrons. The predicted octanol–water partition coefficient (Wildman–Crippen LogP) is 4.91. The van der Waals surface area contributed by atoms with Crippen molar-refractivity contribution < 1.29 is 4.79 Å². The maximum absolute atomic E-state index is 14.0. The molecule has 0 aliphatic carbocycles. The first-order valence-electron chi connectivity index (χ1n) is 10.1. The summed E-state index contributed by atoms with van der Waals surface area (Å²) < 4.78 is 0. The van der Waals surface area contributed by atoms with Crippen LogP contribution in [0.1, 0.15) is 28.3 Å². The molecule has 0 saturated carbocycles. The minimum Gasteiger partial charge on any atom is -0.362 e. The van der Waals surface area contributed by atoms with Crippen LogP contribution in [0.4, 0.5) is 11.4 Å². The van der Waals surface area contributed by atoms with Gasteiger partial charge in [-0.2, -0.15) is 0 Å². The Labute approximate surface area is 175 Å². The van der Waals surface area contributed by atoms with Crippen LogP contribution in [-0.2, 0) is 23.1 Å². The van der Waals surface area contributed by atoms with E-state index in [-0.39, 0.29) is 11.9 Å². The van der Waals surface area contributed by atoms with Gasteiger partial charge in [-0.15, -0.1) is 0 Å². The number of amides is 1. The van der Waals surface area contributed by atoms with Gasteiger partial charge in [0.2, 0.25) is 5.91 Å². The molecular formula is C25H21ClN2O. The van der Waals surface area contributed by atoms with E-state index >= 15 is 0 Å². The molecule has 0 fully saturated rings. The number of benzene rings is 3. The van der Waals surface area contributed by atoms with E-state index in [1.165, 1.54) is 22.4 Å². The second-order valence-electron chi connectivity index (χ2n) is 8.35. The van der Waals surface area contributed by atoms with Crippen molar-refractivity contribution in [2.75, 3.05) is 23.4 Å². The molecule has 0 aromatic heterocycles. The molecule has 1 amide bonds. The lowest BCUT2D eigenvalue weighted by Crippen LogP contribution is -2.56. The lowest BCUT2D eigenvalue weighted by Gasteiger charge is -2.52. The van der Waals surface area contributed by atoms with Gasteiger partial charge in [0, 0.05) is 30.0 Å². The third-order valence-corrected chi connectivity index (χ3v) is 7.24. The van der Waals surface area contributed by atoms with Gasteiger partial charge in [0.1, 0.15) is 5.41 Å². The molecule has 29 heavy (non-hydrogen) atoms. The smallest absolute Gasteiger partial charge is 0.240 e. The Bertz CT molecular complexity index is 1170. The van der Waals surface area contributed by atoms with Crippen LogP contribution >= 0.6 is 11.6 Å². The number of fused-ring (bicyclic) bond motifs is 8. The molecule has 3 aromatic carbocycles. The number of nitrogens with zero attached hydrogens (tertiary/aromatic N) is 2. The highest BCUT2D eigenvalue weighted by atomic mass is 35.5. The molecule has 3 aliphatic heterocycles. The van der Waals surface area contributed by atoms with Crippen LogP contribution in [-0.4, -0.2) is 19.5 Å². The molecule has 0 saturated heterocycles. The van der Waals surface area contributed by atoms with Gasteiger partial charge in [-0.05, 0) is 59.4 Å². The first-order chi connectivity index (χ1) is 14.1. The number of rotatable bonds is 0. The summed E-state index contributed by atoms with van der Waals surface area (Å²) in [7, 11) is 1.89. The van der Waals surface area contributed by atoms with Crippen LogP contribution in [0.25, 0.3) is 0 Å². The van der Waals surface area contributed by atoms with Gasteiger partial charge in [0.15, 0.2) is 0 Å². The van der Waals surface area contributed by atoms with Crippen LogP contribution in [0, 0.1) is 0 Å². The minimum atomic E-state index is -0.667. The molecule has 0 unspecified atom stereocenters. The average molecular weight is 401 g/mol. The molecule has 0 N–H and O–H groups in total. The largest absolute Gasteiger partial charge is 0.362 e. The van der Waals surface area contributed by atoms with Crippen LogP contribution in [0.2, 0.25) is 5.02 Å². The van der Waals surface area contributed by atoms with Crippen molar-refractivity contribution in [2.24, 2.45) is 0 Å². The van der Waals surface area contributed by atoms with Gasteiger partial charge in [0.05, 0.1) is 6.04 Å². The quantitative estimate of drug-likeness (QED) is 0.535. The second-order valence-corrected chi connectivity index (χ2v) is 8.78. The Hall–Kier alpha value is -2.78. The summed E-state index contributed by atoms with van der Waals surface area (Å²) in [5, 5.41) is 0.681. The SMILES string of the molecule is CN1C(=O)[C@@]2(Cc3ccccc3N3CCc4ccccc4[C@H]32)c2cc(Cl)ccc21. The van der Waals surface area contributed by atoms with Crippen molar-refractivity contribution in [1.82, 2.24) is 0 Å². The molecule has 3 aliphatic rings. The van der Waals surface area contributed by atoms with E-state index in [0.29, 0.717) is 11.4 Å². The number of carbonyl (C=O) groups is 1. The predicted molar refractivity (Wildman–Crippen MR) is 117 cm³/mol. The first-order valence-corrected chi connectivity index (χ1v) is 10.5. The number of hydrogen-bond acceptors (Lipinski definition) is 2. The highest BCUT2D eigenvalue weighted by molar-refractivity contribution is 6.31. The van der Waals surface area contributed by atoms with Gasteiger partial charge in [-0.3, -0.25) is 4.79 Å². The second kappa shape index (κ2) is 5.87. The summed E-state index contributed by atoms with van der Waals surface area (Å²) >= 11 is 6.45. The van der Waals surface area contributed by atoms with Gasteiger partial charge in [-0.1, -0.05) is 54.1 Å². The number of anilines is 2. The van der Waals surface area contributed by atoms with Crippen LogP contribution < -0.4 is 9.80 Å². The topological polar surface area (TPSA) is 23.6 Å². The fraction of sp³-hybridized carbons (Fsp3) is 0.240. The summed E-state index contributed by atoms with van der Waals surface area (Å²) in [6, 6.07) is 23.0. The highest BCUT2D eigenvalue weighted by Gasteiger charge is 2.60. The Morgan fingerprint density at radius 2 is 1.72 bits per heavy atom. The Kier molecular flexibility index (Phi) is 3.46. The molecule has 4 heteroatoms. The molecule has 3 nitrogen and oxygen atoms in total. The van der Waals surface area contributed by atoms with E-state index < -0.39 is 5.41 Å². The fourth-order valence-electron chi connectivity index (χ4n) is 5.81. The van der Waals surface area contributed by atoms with Crippen LogP contribution in [0.5, 0.6) is 0 Å². The maximum Gasteiger partial charge on any atom is 0.240 e. The maximum atomic E-state index is 14.0. The number of likely N-dealkylation sites (N-methyl/N-ethyl adjacent to an activating group) is 1. The standard InChI is InChI=1S/C25H21ClN2O/c1-27-22-11-10-18(26)14-20(22)25(24(27)29)15-17-7-3-5-9-21(17)28-13-12-16-6-2-4-8-19(16)23(25)28/h2-11,14,23H,12-13,15H2,1H3/t23-,25-/m0/s1. The van der Waals surface area contributed by atoms with Gasteiger partial charge in [-0.25, -0.2) is 0 Å².